The van der Waals surface area contributed by atoms with Gasteiger partial charge in [0.05, 0.1) is 47.0 Å². The average molecular weight is 535 g/mol. The van der Waals surface area contributed by atoms with Crippen molar-refractivity contribution in [2.24, 2.45) is 0 Å². The van der Waals surface area contributed by atoms with Crippen LogP contribution in [0.25, 0.3) is 22.2 Å². The summed E-state index contributed by atoms with van der Waals surface area (Å²) in [5.41, 5.74) is 6.02. The van der Waals surface area contributed by atoms with E-state index in [4.69, 9.17) is 9.51 Å². The van der Waals surface area contributed by atoms with Gasteiger partial charge in [-0.3, -0.25) is 9.78 Å². The normalized spacial score (nSPS) is 20.7. The molecule has 2 atom stereocenters. The van der Waals surface area contributed by atoms with E-state index in [1.807, 2.05) is 51.1 Å². The molecule has 2 saturated heterocycles. The summed E-state index contributed by atoms with van der Waals surface area (Å²) in [6, 6.07) is 9.53. The standard InChI is InChI=1S/C27H30N6O4S/c1-16-5-7-20(14-28-16)32-24(9-10-25(32)34)27-29-22-13-19(26-17(2)30-37-18(26)3)6-8-23(22)33(27)21-11-12-31(15-21)38(4,35)36/h5-8,13-14,21,24H,9-12,15H2,1-4H3/t21-,24+/m1/s1. The summed E-state index contributed by atoms with van der Waals surface area (Å²) in [4.78, 5) is 24.4. The Labute approximate surface area is 221 Å². The van der Waals surface area contributed by atoms with Crippen LogP contribution < -0.4 is 4.90 Å². The topological polar surface area (TPSA) is 114 Å². The van der Waals surface area contributed by atoms with Crippen LogP contribution in [-0.2, 0) is 14.8 Å². The van der Waals surface area contributed by atoms with Crippen molar-refractivity contribution in [3.63, 3.8) is 0 Å². The van der Waals surface area contributed by atoms with Gasteiger partial charge in [0.25, 0.3) is 0 Å². The van der Waals surface area contributed by atoms with E-state index < -0.39 is 10.0 Å². The van der Waals surface area contributed by atoms with Crippen molar-refractivity contribution in [3.05, 3.63) is 59.5 Å². The van der Waals surface area contributed by atoms with Crippen molar-refractivity contribution in [1.82, 2.24) is 24.0 Å². The molecule has 0 unspecified atom stereocenters. The van der Waals surface area contributed by atoms with Crippen LogP contribution in [0.15, 0.2) is 41.1 Å². The van der Waals surface area contributed by atoms with Gasteiger partial charge >= 0.3 is 0 Å². The lowest BCUT2D eigenvalue weighted by molar-refractivity contribution is -0.117. The lowest BCUT2D eigenvalue weighted by Crippen LogP contribution is -2.31. The molecule has 11 heteroatoms. The highest BCUT2D eigenvalue weighted by Gasteiger charge is 2.39. The number of hydrogen-bond acceptors (Lipinski definition) is 7. The number of nitrogens with zero attached hydrogens (tertiary/aromatic N) is 6. The van der Waals surface area contributed by atoms with E-state index in [2.05, 4.69) is 14.7 Å². The number of fused-ring (bicyclic) bond motifs is 1. The van der Waals surface area contributed by atoms with Gasteiger partial charge in [0.1, 0.15) is 11.6 Å². The fourth-order valence-electron chi connectivity index (χ4n) is 5.86. The SMILES string of the molecule is Cc1ccc(N2C(=O)CC[C@H]2c2nc3cc(-c4c(C)noc4C)ccc3n2[C@@H]2CCN(S(C)(=O)=O)C2)cn1. The monoisotopic (exact) mass is 534 g/mol. The number of carbonyl (C=O) groups excluding carboxylic acids is 1. The molecule has 1 amide bonds. The number of sulfonamides is 1. The number of aryl methyl sites for hydroxylation is 3. The number of aromatic nitrogens is 4. The molecule has 2 fully saturated rings. The molecule has 0 radical (unpaired) electrons. The van der Waals surface area contributed by atoms with E-state index >= 15 is 0 Å². The van der Waals surface area contributed by atoms with E-state index in [1.54, 1.807) is 11.1 Å². The Bertz CT molecular complexity index is 1640. The molecule has 10 nitrogen and oxygen atoms in total. The molecule has 4 aromatic rings. The first-order chi connectivity index (χ1) is 18.1. The summed E-state index contributed by atoms with van der Waals surface area (Å²) >= 11 is 0. The Hall–Kier alpha value is -3.57. The minimum Gasteiger partial charge on any atom is -0.361 e. The van der Waals surface area contributed by atoms with Crippen molar-refractivity contribution in [2.45, 2.75) is 52.1 Å². The van der Waals surface area contributed by atoms with Crippen LogP contribution in [0.3, 0.4) is 0 Å². The Morgan fingerprint density at radius 1 is 1.08 bits per heavy atom. The average Bonchev–Trinajstić information content (AvgIpc) is 3.64. The molecular formula is C27H30N6O4S. The molecule has 1 aromatic carbocycles. The van der Waals surface area contributed by atoms with E-state index in [0.29, 0.717) is 32.4 Å². The predicted molar refractivity (Wildman–Crippen MR) is 143 cm³/mol. The summed E-state index contributed by atoms with van der Waals surface area (Å²) in [6.45, 7) is 6.54. The Morgan fingerprint density at radius 2 is 1.89 bits per heavy atom. The summed E-state index contributed by atoms with van der Waals surface area (Å²) in [5.74, 6) is 1.53. The van der Waals surface area contributed by atoms with Crippen LogP contribution in [0, 0.1) is 20.8 Å². The quantitative estimate of drug-likeness (QED) is 0.379. The molecule has 2 aliphatic rings. The molecule has 5 heterocycles. The third-order valence-corrected chi connectivity index (χ3v) is 8.95. The van der Waals surface area contributed by atoms with Gasteiger partial charge in [0.15, 0.2) is 0 Å². The Kier molecular flexibility index (Phi) is 5.88. The van der Waals surface area contributed by atoms with Gasteiger partial charge in [-0.1, -0.05) is 11.2 Å². The number of anilines is 1. The maximum atomic E-state index is 13.1. The van der Waals surface area contributed by atoms with E-state index in [9.17, 15) is 13.2 Å². The molecule has 198 valence electrons. The Balaban J connectivity index is 1.50. The van der Waals surface area contributed by atoms with Crippen LogP contribution in [0.1, 0.15) is 54.3 Å². The maximum absolute atomic E-state index is 13.1. The molecule has 0 bridgehead atoms. The zero-order valence-corrected chi connectivity index (χ0v) is 22.7. The summed E-state index contributed by atoms with van der Waals surface area (Å²) in [7, 11) is -3.31. The van der Waals surface area contributed by atoms with Gasteiger partial charge in [0.2, 0.25) is 15.9 Å². The second-order valence-corrected chi connectivity index (χ2v) is 12.3. The molecule has 2 aliphatic heterocycles. The zero-order valence-electron chi connectivity index (χ0n) is 21.9. The first-order valence-electron chi connectivity index (χ1n) is 12.8. The number of carbonyl (C=O) groups is 1. The minimum absolute atomic E-state index is 0.0276. The van der Waals surface area contributed by atoms with Crippen LogP contribution in [0.2, 0.25) is 0 Å². The Morgan fingerprint density at radius 3 is 2.55 bits per heavy atom. The van der Waals surface area contributed by atoms with Gasteiger partial charge < -0.3 is 14.0 Å². The van der Waals surface area contributed by atoms with Gasteiger partial charge in [0, 0.05) is 30.8 Å². The van der Waals surface area contributed by atoms with Gasteiger partial charge in [-0.2, -0.15) is 0 Å². The molecule has 6 rings (SSSR count). The minimum atomic E-state index is -3.31. The molecule has 0 saturated carbocycles. The van der Waals surface area contributed by atoms with Crippen molar-refractivity contribution < 1.29 is 17.7 Å². The van der Waals surface area contributed by atoms with Crippen LogP contribution >= 0.6 is 0 Å². The van der Waals surface area contributed by atoms with Gasteiger partial charge in [-0.05, 0) is 63.4 Å². The number of imidazole rings is 1. The summed E-state index contributed by atoms with van der Waals surface area (Å²) in [6.07, 6.45) is 4.68. The first kappa shape index (κ1) is 24.7. The molecule has 3 aromatic heterocycles. The lowest BCUT2D eigenvalue weighted by atomic mass is 10.0. The van der Waals surface area contributed by atoms with Crippen LogP contribution in [-0.4, -0.2) is 57.7 Å². The summed E-state index contributed by atoms with van der Waals surface area (Å²) in [5, 5.41) is 4.10. The largest absolute Gasteiger partial charge is 0.361 e. The number of amides is 1. The highest BCUT2D eigenvalue weighted by Crippen LogP contribution is 2.41. The van der Waals surface area contributed by atoms with Gasteiger partial charge in [-0.25, -0.2) is 17.7 Å². The highest BCUT2D eigenvalue weighted by atomic mass is 32.2. The third kappa shape index (κ3) is 4.10. The van der Waals surface area contributed by atoms with Crippen molar-refractivity contribution >= 4 is 32.7 Å². The number of benzene rings is 1. The van der Waals surface area contributed by atoms with Crippen molar-refractivity contribution in [3.8, 4) is 11.1 Å². The van der Waals surface area contributed by atoms with E-state index in [1.165, 1.54) is 10.6 Å². The molecule has 0 spiro atoms. The van der Waals surface area contributed by atoms with E-state index in [0.717, 1.165) is 50.8 Å². The maximum Gasteiger partial charge on any atom is 0.227 e. The van der Waals surface area contributed by atoms with Crippen LogP contribution in [0.5, 0.6) is 0 Å². The fourth-order valence-corrected chi connectivity index (χ4v) is 6.74. The number of hydrogen-bond donors (Lipinski definition) is 0. The second kappa shape index (κ2) is 9.02. The molecular weight excluding hydrogens is 504 g/mol. The van der Waals surface area contributed by atoms with Crippen LogP contribution in [0.4, 0.5) is 5.69 Å². The summed E-state index contributed by atoms with van der Waals surface area (Å²) < 4.78 is 33.7. The van der Waals surface area contributed by atoms with Crippen molar-refractivity contribution in [2.75, 3.05) is 24.2 Å². The number of pyridine rings is 1. The lowest BCUT2D eigenvalue weighted by Gasteiger charge is -2.27. The van der Waals surface area contributed by atoms with Gasteiger partial charge in [-0.15, -0.1) is 0 Å². The van der Waals surface area contributed by atoms with E-state index in [-0.39, 0.29) is 18.0 Å². The zero-order chi connectivity index (χ0) is 26.8. The third-order valence-electron chi connectivity index (χ3n) is 7.68. The molecule has 38 heavy (non-hydrogen) atoms. The smallest absolute Gasteiger partial charge is 0.227 e. The molecule has 0 N–H and O–H groups in total. The fraction of sp³-hybridized carbons (Fsp3) is 0.407. The van der Waals surface area contributed by atoms with Crippen molar-refractivity contribution in [1.29, 1.82) is 0 Å². The highest BCUT2D eigenvalue weighted by molar-refractivity contribution is 7.88. The second-order valence-electron chi connectivity index (χ2n) is 10.3. The molecule has 0 aliphatic carbocycles. The predicted octanol–water partition coefficient (Wildman–Crippen LogP) is 4.09. The first-order valence-corrected chi connectivity index (χ1v) is 14.6. The number of rotatable bonds is 5.